The van der Waals surface area contributed by atoms with Crippen molar-refractivity contribution in [3.05, 3.63) is 65.7 Å². The third kappa shape index (κ3) is 5.04. The van der Waals surface area contributed by atoms with E-state index in [0.29, 0.717) is 26.9 Å². The van der Waals surface area contributed by atoms with Crippen LogP contribution in [0.2, 0.25) is 0 Å². The van der Waals surface area contributed by atoms with Crippen LogP contribution < -0.4 is 9.47 Å². The van der Waals surface area contributed by atoms with Crippen LogP contribution in [0.25, 0.3) is 11.6 Å². The number of rotatable bonds is 7. The van der Waals surface area contributed by atoms with Gasteiger partial charge in [0.25, 0.3) is 0 Å². The van der Waals surface area contributed by atoms with Crippen LogP contribution in [0.5, 0.6) is 28.7 Å². The first-order valence-electron chi connectivity index (χ1n) is 9.02. The maximum absolute atomic E-state index is 12.1. The number of carboxylic acid groups (broad SMARTS) is 1. The molecule has 0 aromatic heterocycles. The molecule has 0 aliphatic carbocycles. The van der Waals surface area contributed by atoms with Gasteiger partial charge in [0.05, 0.1) is 24.7 Å². The van der Waals surface area contributed by atoms with Crippen LogP contribution in [0.4, 0.5) is 0 Å². The molecule has 0 aliphatic rings. The molecule has 0 saturated heterocycles. The Morgan fingerprint density at radius 2 is 1.48 bits per heavy atom. The molecule has 7 nitrogen and oxygen atoms in total. The van der Waals surface area contributed by atoms with E-state index in [1.54, 1.807) is 24.3 Å². The highest BCUT2D eigenvalue weighted by atomic mass is 32.2. The Hall–Kier alpha value is -3.78. The first-order chi connectivity index (χ1) is 14.8. The van der Waals surface area contributed by atoms with E-state index in [0.717, 1.165) is 11.8 Å². The lowest BCUT2D eigenvalue weighted by Gasteiger charge is -2.13. The third-order valence-electron chi connectivity index (χ3n) is 4.36. The van der Waals surface area contributed by atoms with Crippen molar-refractivity contribution in [3.8, 4) is 28.7 Å². The molecule has 0 unspecified atom stereocenters. The fraction of sp³-hybridized carbons (Fsp3) is 0.0870. The van der Waals surface area contributed by atoms with Crippen molar-refractivity contribution in [2.75, 3.05) is 14.2 Å². The van der Waals surface area contributed by atoms with Crippen LogP contribution >= 0.6 is 11.8 Å². The summed E-state index contributed by atoms with van der Waals surface area (Å²) in [6, 6.07) is 13.5. The van der Waals surface area contributed by atoms with E-state index in [-0.39, 0.29) is 28.4 Å². The number of phenolic OH excluding ortho intramolecular Hbond substituents is 3. The van der Waals surface area contributed by atoms with Gasteiger partial charge in [0, 0.05) is 16.5 Å². The fourth-order valence-corrected chi connectivity index (χ4v) is 3.84. The highest BCUT2D eigenvalue weighted by Gasteiger charge is 2.18. The van der Waals surface area contributed by atoms with Gasteiger partial charge in [0.15, 0.2) is 11.5 Å². The van der Waals surface area contributed by atoms with Gasteiger partial charge in [0.2, 0.25) is 0 Å². The summed E-state index contributed by atoms with van der Waals surface area (Å²) in [6.07, 6.45) is 1.46. The molecule has 0 radical (unpaired) electrons. The molecule has 31 heavy (non-hydrogen) atoms. The first-order valence-corrected chi connectivity index (χ1v) is 9.84. The lowest BCUT2D eigenvalue weighted by molar-refractivity contribution is -0.130. The second kappa shape index (κ2) is 9.36. The molecule has 0 heterocycles. The van der Waals surface area contributed by atoms with Gasteiger partial charge < -0.3 is 29.9 Å². The molecular weight excluding hydrogens is 420 g/mol. The molecule has 0 amide bonds. The van der Waals surface area contributed by atoms with Gasteiger partial charge in [-0.25, -0.2) is 4.79 Å². The van der Waals surface area contributed by atoms with E-state index >= 15 is 0 Å². The number of carbonyl (C=O) groups is 1. The van der Waals surface area contributed by atoms with Gasteiger partial charge in [-0.15, -0.1) is 0 Å². The van der Waals surface area contributed by atoms with E-state index in [1.165, 1.54) is 50.6 Å². The minimum Gasteiger partial charge on any atom is -0.508 e. The largest absolute Gasteiger partial charge is 0.508 e. The average molecular weight is 440 g/mol. The minimum atomic E-state index is -1.20. The summed E-state index contributed by atoms with van der Waals surface area (Å²) in [5, 5.41) is 39.5. The number of hydrogen-bond donors (Lipinski definition) is 4. The van der Waals surface area contributed by atoms with Crippen LogP contribution in [0.3, 0.4) is 0 Å². The Bertz CT molecular complexity index is 1150. The second-order valence-electron chi connectivity index (χ2n) is 6.41. The van der Waals surface area contributed by atoms with E-state index < -0.39 is 5.97 Å². The predicted molar refractivity (Wildman–Crippen MR) is 117 cm³/mol. The van der Waals surface area contributed by atoms with Crippen LogP contribution in [-0.4, -0.2) is 40.6 Å². The summed E-state index contributed by atoms with van der Waals surface area (Å²) >= 11 is 1.11. The molecule has 0 saturated carbocycles. The number of aromatic hydroxyl groups is 3. The van der Waals surface area contributed by atoms with Crippen molar-refractivity contribution in [1.29, 1.82) is 0 Å². The molecular formula is C23H20O7S. The van der Waals surface area contributed by atoms with Crippen molar-refractivity contribution in [2.24, 2.45) is 0 Å². The lowest BCUT2D eigenvalue weighted by atomic mass is 10.0. The van der Waals surface area contributed by atoms with Gasteiger partial charge in [-0.05, 0) is 54.1 Å². The monoisotopic (exact) mass is 440 g/mol. The molecule has 0 atom stereocenters. The van der Waals surface area contributed by atoms with Crippen molar-refractivity contribution in [3.63, 3.8) is 0 Å². The molecule has 0 bridgehead atoms. The summed E-state index contributed by atoms with van der Waals surface area (Å²) in [6.45, 7) is 0. The zero-order chi connectivity index (χ0) is 22.5. The maximum Gasteiger partial charge on any atom is 0.336 e. The zero-order valence-corrected chi connectivity index (χ0v) is 17.5. The molecule has 4 N–H and O–H groups in total. The van der Waals surface area contributed by atoms with Gasteiger partial charge in [-0.3, -0.25) is 0 Å². The maximum atomic E-state index is 12.1. The summed E-state index contributed by atoms with van der Waals surface area (Å²) in [5.41, 5.74) is 0.755. The number of carboxylic acids is 1. The summed E-state index contributed by atoms with van der Waals surface area (Å²) in [7, 11) is 2.99. The van der Waals surface area contributed by atoms with E-state index in [4.69, 9.17) is 9.47 Å². The molecule has 3 aromatic rings. The molecule has 160 valence electrons. The number of ether oxygens (including phenoxy) is 2. The Morgan fingerprint density at radius 3 is 2.10 bits per heavy atom. The summed E-state index contributed by atoms with van der Waals surface area (Å²) < 4.78 is 10.5. The first kappa shape index (κ1) is 21.9. The standard InChI is InChI=1S/C23H20O7S/c1-29-19-6-3-13(10-20(19)30-2)9-17(23(27)28)16-11-14(24)4-7-21(16)31-22-8-5-15(25)12-18(22)26/h3-12,24-26H,1-2H3,(H,27,28). The molecule has 3 rings (SSSR count). The van der Waals surface area contributed by atoms with Gasteiger partial charge in [-0.2, -0.15) is 0 Å². The number of benzene rings is 3. The molecule has 3 aromatic carbocycles. The van der Waals surface area contributed by atoms with Gasteiger partial charge in [0.1, 0.15) is 17.2 Å². The van der Waals surface area contributed by atoms with Crippen LogP contribution in [-0.2, 0) is 4.79 Å². The molecule has 8 heteroatoms. The molecule has 0 fully saturated rings. The summed E-state index contributed by atoms with van der Waals surface area (Å²) in [4.78, 5) is 13.0. The van der Waals surface area contributed by atoms with Crippen molar-refractivity contribution >= 4 is 29.4 Å². The highest BCUT2D eigenvalue weighted by Crippen LogP contribution is 2.41. The topological polar surface area (TPSA) is 116 Å². The van der Waals surface area contributed by atoms with Crippen molar-refractivity contribution in [1.82, 2.24) is 0 Å². The van der Waals surface area contributed by atoms with Crippen molar-refractivity contribution in [2.45, 2.75) is 9.79 Å². The van der Waals surface area contributed by atoms with Crippen LogP contribution in [0.1, 0.15) is 11.1 Å². The van der Waals surface area contributed by atoms with Gasteiger partial charge in [-0.1, -0.05) is 17.8 Å². The lowest BCUT2D eigenvalue weighted by Crippen LogP contribution is -2.01. The Labute approximate surface area is 182 Å². The van der Waals surface area contributed by atoms with Crippen LogP contribution in [0.15, 0.2) is 64.4 Å². The Balaban J connectivity index is 2.10. The minimum absolute atomic E-state index is 0.0658. The van der Waals surface area contributed by atoms with Crippen LogP contribution in [0, 0.1) is 0 Å². The number of hydrogen-bond acceptors (Lipinski definition) is 7. The third-order valence-corrected chi connectivity index (χ3v) is 5.51. The van der Waals surface area contributed by atoms with E-state index in [2.05, 4.69) is 0 Å². The fourth-order valence-electron chi connectivity index (χ4n) is 2.89. The number of methoxy groups -OCH3 is 2. The predicted octanol–water partition coefficient (Wildman–Crippen LogP) is 4.60. The average Bonchev–Trinajstić information content (AvgIpc) is 2.74. The Morgan fingerprint density at radius 1 is 0.839 bits per heavy atom. The summed E-state index contributed by atoms with van der Waals surface area (Å²) in [5.74, 6) is -0.587. The number of phenols is 3. The second-order valence-corrected chi connectivity index (χ2v) is 7.50. The quantitative estimate of drug-likeness (QED) is 0.311. The van der Waals surface area contributed by atoms with E-state index in [9.17, 15) is 25.2 Å². The van der Waals surface area contributed by atoms with E-state index in [1.807, 2.05) is 0 Å². The zero-order valence-electron chi connectivity index (χ0n) is 16.7. The molecule has 0 aliphatic heterocycles. The molecule has 0 spiro atoms. The Kier molecular flexibility index (Phi) is 6.61. The van der Waals surface area contributed by atoms with Crippen molar-refractivity contribution < 1.29 is 34.7 Å². The SMILES string of the molecule is COc1ccc(C=C(C(=O)O)c2cc(O)ccc2Sc2ccc(O)cc2O)cc1OC. The normalized spacial score (nSPS) is 11.2. The highest BCUT2D eigenvalue weighted by molar-refractivity contribution is 7.99. The van der Waals surface area contributed by atoms with Gasteiger partial charge >= 0.3 is 5.97 Å². The number of aliphatic carboxylic acids is 1. The smallest absolute Gasteiger partial charge is 0.336 e.